The van der Waals surface area contributed by atoms with Crippen molar-refractivity contribution in [3.63, 3.8) is 0 Å². The fourth-order valence-electron chi connectivity index (χ4n) is 12.6. The highest BCUT2D eigenvalue weighted by Gasteiger charge is 2.30. The zero-order chi connectivity index (χ0) is 74.4. The minimum Gasteiger partial charge on any atom is -0.462 e. The number of hydrogen-bond donors (Lipinski definition) is 3. The average Bonchev–Trinajstić information content (AvgIpc) is 0.931. The molecule has 0 heterocycles. The monoisotopic (exact) mass is 1480 g/mol. The van der Waals surface area contributed by atoms with Gasteiger partial charge in [0.1, 0.15) is 19.3 Å². The Kier molecular flexibility index (Phi) is 70.9. The summed E-state index contributed by atoms with van der Waals surface area (Å²) in [6, 6.07) is 0. The van der Waals surface area contributed by atoms with E-state index >= 15 is 0 Å². The van der Waals surface area contributed by atoms with E-state index in [1.165, 1.54) is 238 Å². The predicted molar refractivity (Wildman–Crippen MR) is 414 cm³/mol. The Balaban J connectivity index is 5.24. The van der Waals surface area contributed by atoms with Crippen molar-refractivity contribution in [1.82, 2.24) is 0 Å². The second-order valence-corrected chi connectivity index (χ2v) is 33.6. The van der Waals surface area contributed by atoms with Crippen LogP contribution in [0, 0.1) is 17.8 Å². The molecular weight excluding hydrogens is 1320 g/mol. The van der Waals surface area contributed by atoms with Gasteiger partial charge >= 0.3 is 39.5 Å². The lowest BCUT2D eigenvalue weighted by molar-refractivity contribution is -0.161. The van der Waals surface area contributed by atoms with Crippen LogP contribution < -0.4 is 0 Å². The van der Waals surface area contributed by atoms with Crippen molar-refractivity contribution in [3.8, 4) is 0 Å². The number of unbranched alkanes of at least 4 members (excludes halogenated alkanes) is 47. The maximum Gasteiger partial charge on any atom is 0.472 e. The van der Waals surface area contributed by atoms with Gasteiger partial charge in [0.15, 0.2) is 12.2 Å². The Bertz CT molecular complexity index is 1960. The first kappa shape index (κ1) is 99.1. The molecule has 3 N–H and O–H groups in total. The summed E-state index contributed by atoms with van der Waals surface area (Å²) >= 11 is 0. The molecule has 0 aliphatic heterocycles. The maximum absolute atomic E-state index is 13.1. The quantitative estimate of drug-likeness (QED) is 0.0222. The van der Waals surface area contributed by atoms with Gasteiger partial charge in [-0.25, -0.2) is 9.13 Å². The molecule has 0 spiro atoms. The van der Waals surface area contributed by atoms with Gasteiger partial charge in [0.05, 0.1) is 26.4 Å². The van der Waals surface area contributed by atoms with Crippen LogP contribution in [-0.2, 0) is 65.4 Å². The van der Waals surface area contributed by atoms with Crippen molar-refractivity contribution in [2.24, 2.45) is 17.8 Å². The van der Waals surface area contributed by atoms with Gasteiger partial charge in [0, 0.05) is 25.7 Å². The summed E-state index contributed by atoms with van der Waals surface area (Å²) in [4.78, 5) is 73.1. The van der Waals surface area contributed by atoms with E-state index in [1.807, 2.05) is 0 Å². The molecule has 0 aliphatic carbocycles. The molecular formula is C82H160O17P2. The van der Waals surface area contributed by atoms with Crippen molar-refractivity contribution in [1.29, 1.82) is 0 Å². The van der Waals surface area contributed by atoms with Crippen LogP contribution in [-0.4, -0.2) is 96.7 Å². The van der Waals surface area contributed by atoms with Crippen molar-refractivity contribution in [2.45, 2.75) is 446 Å². The first-order valence-corrected chi connectivity index (χ1v) is 45.4. The Morgan fingerprint density at radius 2 is 0.505 bits per heavy atom. The molecule has 6 atom stereocenters. The summed E-state index contributed by atoms with van der Waals surface area (Å²) in [6.07, 6.45) is 61.1. The van der Waals surface area contributed by atoms with Crippen LogP contribution in [0.3, 0.4) is 0 Å². The highest BCUT2D eigenvalue weighted by Crippen LogP contribution is 2.45. The Morgan fingerprint density at radius 3 is 0.752 bits per heavy atom. The van der Waals surface area contributed by atoms with Crippen LogP contribution in [0.15, 0.2) is 0 Å². The molecule has 0 bridgehead atoms. The second kappa shape index (κ2) is 72.3. The summed E-state index contributed by atoms with van der Waals surface area (Å²) in [5.41, 5.74) is 0. The fourth-order valence-corrected chi connectivity index (χ4v) is 14.2. The van der Waals surface area contributed by atoms with Crippen molar-refractivity contribution < 1.29 is 80.2 Å². The van der Waals surface area contributed by atoms with Crippen LogP contribution in [0.25, 0.3) is 0 Å². The lowest BCUT2D eigenvalue weighted by Crippen LogP contribution is -2.30. The zero-order valence-electron chi connectivity index (χ0n) is 66.4. The molecule has 3 unspecified atom stereocenters. The van der Waals surface area contributed by atoms with Gasteiger partial charge < -0.3 is 33.8 Å². The normalized spacial score (nSPS) is 14.2. The van der Waals surface area contributed by atoms with Gasteiger partial charge in [0.2, 0.25) is 0 Å². The third-order valence-corrected chi connectivity index (χ3v) is 21.4. The lowest BCUT2D eigenvalue weighted by Gasteiger charge is -2.21. The van der Waals surface area contributed by atoms with Gasteiger partial charge in [0.25, 0.3) is 0 Å². The molecule has 0 radical (unpaired) electrons. The molecule has 0 rings (SSSR count). The minimum atomic E-state index is -4.96. The molecule has 19 heteroatoms. The second-order valence-electron chi connectivity index (χ2n) is 30.7. The standard InChI is InChI=1S/C82H160O17P2/c1-8-10-11-12-13-14-15-16-17-18-19-20-21-22-27-30-35-44-51-58-65-81(86)98-77(69-92-79(84)63-56-49-42-34-29-26-24-23-25-28-32-39-46-53-60-73(3)4)71-96-100(88,89)94-67-76(83)68-95-101(90,91)97-72-78(99-82(87)66-59-52-45-36-31-33-40-47-54-61-74(5)6)70-93-80(85)64-57-50-43-38-37-41-48-55-62-75(7)9-2/h73-78,83H,8-72H2,1-7H3,(H,88,89)(H,90,91)/t75?,76-,77-,78-/m1/s1. The lowest BCUT2D eigenvalue weighted by atomic mass is 9.99. The van der Waals surface area contributed by atoms with E-state index in [-0.39, 0.29) is 25.7 Å². The largest absolute Gasteiger partial charge is 0.472 e. The third kappa shape index (κ3) is 74.7. The van der Waals surface area contributed by atoms with E-state index in [1.54, 1.807) is 0 Å². The van der Waals surface area contributed by atoms with Gasteiger partial charge in [-0.05, 0) is 43.4 Å². The molecule has 0 aliphatic rings. The number of phosphoric ester groups is 2. The molecule has 600 valence electrons. The molecule has 17 nitrogen and oxygen atoms in total. The predicted octanol–water partition coefficient (Wildman–Crippen LogP) is 24.5. The Morgan fingerprint density at radius 1 is 0.287 bits per heavy atom. The van der Waals surface area contributed by atoms with Crippen LogP contribution in [0.5, 0.6) is 0 Å². The number of carbonyl (C=O) groups is 4. The van der Waals surface area contributed by atoms with Gasteiger partial charge in [-0.15, -0.1) is 0 Å². The third-order valence-electron chi connectivity index (χ3n) is 19.5. The molecule has 0 saturated carbocycles. The molecule has 0 aromatic carbocycles. The highest BCUT2D eigenvalue weighted by atomic mass is 31.2. The number of esters is 4. The number of ether oxygens (including phenoxy) is 4. The van der Waals surface area contributed by atoms with Crippen LogP contribution in [0.4, 0.5) is 0 Å². The van der Waals surface area contributed by atoms with Crippen molar-refractivity contribution >= 4 is 39.5 Å². The highest BCUT2D eigenvalue weighted by molar-refractivity contribution is 7.47. The number of aliphatic hydroxyl groups excluding tert-OH is 1. The summed E-state index contributed by atoms with van der Waals surface area (Å²) in [5.74, 6) is 0.202. The minimum absolute atomic E-state index is 0.105. The van der Waals surface area contributed by atoms with Gasteiger partial charge in [-0.2, -0.15) is 0 Å². The SMILES string of the molecule is CCCCCCCCCCCCCCCCCCCCCCC(=O)O[C@H](COC(=O)CCCCCCCCCCCCCCCCC(C)C)COP(=O)(O)OC[C@@H](O)COP(=O)(O)OC[C@@H](COC(=O)CCCCCCCCCCC(C)CC)OC(=O)CCCCCCCCCCCC(C)C. The van der Waals surface area contributed by atoms with Crippen molar-refractivity contribution in [3.05, 3.63) is 0 Å². The van der Waals surface area contributed by atoms with E-state index in [4.69, 9.17) is 37.0 Å². The van der Waals surface area contributed by atoms with Crippen molar-refractivity contribution in [2.75, 3.05) is 39.6 Å². The number of rotatable bonds is 80. The van der Waals surface area contributed by atoms with Gasteiger partial charge in [-0.3, -0.25) is 37.3 Å². The molecule has 101 heavy (non-hydrogen) atoms. The first-order valence-electron chi connectivity index (χ1n) is 42.4. The number of aliphatic hydroxyl groups is 1. The Labute approximate surface area is 619 Å². The number of phosphoric acid groups is 2. The summed E-state index contributed by atoms with van der Waals surface area (Å²) in [6.45, 7) is 11.9. The molecule has 0 amide bonds. The van der Waals surface area contributed by atoms with E-state index in [9.17, 15) is 43.2 Å². The summed E-state index contributed by atoms with van der Waals surface area (Å²) < 4.78 is 68.8. The first-order chi connectivity index (χ1) is 48.8. The Hall–Kier alpha value is -1.94. The molecule has 0 aromatic rings. The number of hydrogen-bond acceptors (Lipinski definition) is 15. The van der Waals surface area contributed by atoms with E-state index in [2.05, 4.69) is 48.5 Å². The fraction of sp³-hybridized carbons (Fsp3) is 0.951. The number of carbonyl (C=O) groups excluding carboxylic acids is 4. The molecule has 0 fully saturated rings. The van der Waals surface area contributed by atoms with E-state index in [0.29, 0.717) is 25.7 Å². The average molecular weight is 1480 g/mol. The van der Waals surface area contributed by atoms with E-state index in [0.717, 1.165) is 108 Å². The molecule has 0 saturated heterocycles. The van der Waals surface area contributed by atoms with Crippen LogP contribution in [0.1, 0.15) is 427 Å². The van der Waals surface area contributed by atoms with Gasteiger partial charge in [-0.1, -0.05) is 376 Å². The van der Waals surface area contributed by atoms with E-state index < -0.39 is 97.5 Å². The zero-order valence-corrected chi connectivity index (χ0v) is 68.2. The maximum atomic E-state index is 13.1. The summed E-state index contributed by atoms with van der Waals surface area (Å²) in [7, 11) is -9.92. The molecule has 0 aromatic heterocycles. The summed E-state index contributed by atoms with van der Waals surface area (Å²) in [5, 5.41) is 10.6. The van der Waals surface area contributed by atoms with Crippen LogP contribution >= 0.6 is 15.6 Å². The topological polar surface area (TPSA) is 237 Å². The smallest absolute Gasteiger partial charge is 0.462 e. The van der Waals surface area contributed by atoms with Crippen LogP contribution in [0.2, 0.25) is 0 Å².